The van der Waals surface area contributed by atoms with Gasteiger partial charge in [0, 0.05) is 6.54 Å². The van der Waals surface area contributed by atoms with Crippen molar-refractivity contribution in [1.82, 2.24) is 4.90 Å². The van der Waals surface area contributed by atoms with Crippen LogP contribution in [0.2, 0.25) is 0 Å². The molecule has 1 fully saturated rings. The van der Waals surface area contributed by atoms with Gasteiger partial charge in [0.05, 0.1) is 5.25 Å². The van der Waals surface area contributed by atoms with Gasteiger partial charge in [-0.15, -0.1) is 0 Å². The van der Waals surface area contributed by atoms with Crippen LogP contribution in [-0.4, -0.2) is 27.8 Å². The summed E-state index contributed by atoms with van der Waals surface area (Å²) in [5.74, 6) is 0.940. The normalized spacial score (nSPS) is 17.2. The molecule has 136 valence electrons. The first kappa shape index (κ1) is 18.5. The van der Waals surface area contributed by atoms with Gasteiger partial charge in [0.2, 0.25) is 5.91 Å². The van der Waals surface area contributed by atoms with Crippen LogP contribution in [0.1, 0.15) is 25.0 Å². The summed E-state index contributed by atoms with van der Waals surface area (Å²) in [6.45, 7) is 4.96. The smallest absolute Gasteiger partial charge is 0.289 e. The summed E-state index contributed by atoms with van der Waals surface area (Å²) in [7, 11) is 0. The fourth-order valence-corrected chi connectivity index (χ4v) is 3.93. The number of amides is 2. The third-order valence-corrected chi connectivity index (χ3v) is 5.24. The Morgan fingerprint density at radius 3 is 2.46 bits per heavy atom. The molecule has 1 atom stereocenters. The number of carbonyl (C=O) groups excluding carboxylic acids is 2. The van der Waals surface area contributed by atoms with Gasteiger partial charge in [-0.3, -0.25) is 14.5 Å². The third kappa shape index (κ3) is 4.47. The zero-order chi connectivity index (χ0) is 18.5. The Bertz CT molecular complexity index is 776. The maximum absolute atomic E-state index is 12.6. The lowest BCUT2D eigenvalue weighted by Crippen LogP contribution is -2.35. The molecule has 0 aromatic heterocycles. The number of hydrogen-bond acceptors (Lipinski definition) is 4. The van der Waals surface area contributed by atoms with E-state index in [9.17, 15) is 9.59 Å². The van der Waals surface area contributed by atoms with Crippen LogP contribution in [0.3, 0.4) is 0 Å². The Labute approximate surface area is 158 Å². The zero-order valence-electron chi connectivity index (χ0n) is 15.1. The van der Waals surface area contributed by atoms with E-state index in [1.807, 2.05) is 68.4 Å². The average Bonchev–Trinajstić information content (AvgIpc) is 2.89. The minimum atomic E-state index is -0.372. The zero-order valence-corrected chi connectivity index (χ0v) is 15.9. The lowest BCUT2D eigenvalue weighted by molar-refractivity contribution is -0.127. The monoisotopic (exact) mass is 369 g/mol. The standard InChI is InChI=1S/C21H23NO3S/c1-15(2)13-22-20(23)19(26-21(22)24)12-17-10-6-7-11-18(17)25-14-16-8-4-3-5-9-16/h3-11,15,19H,12-14H2,1-2H3/t19-/m0/s1. The van der Waals surface area contributed by atoms with E-state index < -0.39 is 0 Å². The highest BCUT2D eigenvalue weighted by molar-refractivity contribution is 8.15. The minimum Gasteiger partial charge on any atom is -0.489 e. The van der Waals surface area contributed by atoms with Crippen molar-refractivity contribution in [3.05, 3.63) is 65.7 Å². The van der Waals surface area contributed by atoms with Crippen molar-refractivity contribution < 1.29 is 14.3 Å². The van der Waals surface area contributed by atoms with Crippen molar-refractivity contribution in [2.45, 2.75) is 32.1 Å². The first-order chi connectivity index (χ1) is 12.5. The summed E-state index contributed by atoms with van der Waals surface area (Å²) < 4.78 is 5.97. The van der Waals surface area contributed by atoms with E-state index in [0.717, 1.165) is 28.6 Å². The maximum atomic E-state index is 12.6. The van der Waals surface area contributed by atoms with Gasteiger partial charge in [-0.2, -0.15) is 0 Å². The summed E-state index contributed by atoms with van der Waals surface area (Å²) in [6, 6.07) is 17.7. The largest absolute Gasteiger partial charge is 0.489 e. The third-order valence-electron chi connectivity index (χ3n) is 4.17. The van der Waals surface area contributed by atoms with Crippen LogP contribution in [-0.2, 0) is 17.8 Å². The van der Waals surface area contributed by atoms with Crippen LogP contribution in [0, 0.1) is 5.92 Å². The fraction of sp³-hybridized carbons (Fsp3) is 0.333. The number of para-hydroxylation sites is 1. The van der Waals surface area contributed by atoms with Gasteiger partial charge in [0.25, 0.3) is 5.24 Å². The van der Waals surface area contributed by atoms with Crippen molar-refractivity contribution in [3.63, 3.8) is 0 Å². The molecule has 2 aromatic carbocycles. The van der Waals surface area contributed by atoms with Gasteiger partial charge in [-0.1, -0.05) is 74.1 Å². The molecule has 1 heterocycles. The predicted octanol–water partition coefficient (Wildman–Crippen LogP) is 4.53. The Kier molecular flexibility index (Phi) is 5.99. The van der Waals surface area contributed by atoms with Crippen LogP contribution >= 0.6 is 11.8 Å². The highest BCUT2D eigenvalue weighted by Crippen LogP contribution is 2.32. The minimum absolute atomic E-state index is 0.0911. The van der Waals surface area contributed by atoms with E-state index in [1.165, 1.54) is 4.90 Å². The number of carbonyl (C=O) groups is 2. The van der Waals surface area contributed by atoms with E-state index in [-0.39, 0.29) is 22.3 Å². The molecule has 0 N–H and O–H groups in total. The predicted molar refractivity (Wildman–Crippen MR) is 104 cm³/mol. The van der Waals surface area contributed by atoms with Gasteiger partial charge in [0.1, 0.15) is 12.4 Å². The number of nitrogens with zero attached hydrogens (tertiary/aromatic N) is 1. The fourth-order valence-electron chi connectivity index (χ4n) is 2.91. The van der Waals surface area contributed by atoms with Gasteiger partial charge in [-0.25, -0.2) is 0 Å². The van der Waals surface area contributed by atoms with Crippen molar-refractivity contribution in [3.8, 4) is 5.75 Å². The maximum Gasteiger partial charge on any atom is 0.289 e. The van der Waals surface area contributed by atoms with Crippen molar-refractivity contribution in [2.75, 3.05) is 6.54 Å². The quantitative estimate of drug-likeness (QED) is 0.719. The van der Waals surface area contributed by atoms with Gasteiger partial charge in [-0.05, 0) is 29.5 Å². The van der Waals surface area contributed by atoms with E-state index >= 15 is 0 Å². The summed E-state index contributed by atoms with van der Waals surface area (Å²) in [6.07, 6.45) is 0.495. The molecule has 1 aliphatic heterocycles. The Balaban J connectivity index is 1.68. The van der Waals surface area contributed by atoms with Gasteiger partial charge in [0.15, 0.2) is 0 Å². The summed E-state index contributed by atoms with van der Waals surface area (Å²) in [5.41, 5.74) is 2.04. The second-order valence-corrected chi connectivity index (χ2v) is 7.96. The molecule has 0 unspecified atom stereocenters. The van der Waals surface area contributed by atoms with Crippen molar-refractivity contribution >= 4 is 22.9 Å². The molecule has 2 amide bonds. The molecule has 5 heteroatoms. The van der Waals surface area contributed by atoms with Crippen LogP contribution in [0.5, 0.6) is 5.75 Å². The number of rotatable bonds is 7. The molecule has 0 aliphatic carbocycles. The topological polar surface area (TPSA) is 46.6 Å². The molecule has 26 heavy (non-hydrogen) atoms. The molecule has 0 spiro atoms. The van der Waals surface area contributed by atoms with Crippen molar-refractivity contribution in [2.24, 2.45) is 5.92 Å². The first-order valence-corrected chi connectivity index (χ1v) is 9.69. The van der Waals surface area contributed by atoms with E-state index in [2.05, 4.69) is 0 Å². The SMILES string of the molecule is CC(C)CN1C(=O)S[C@@H](Cc2ccccc2OCc2ccccc2)C1=O. The second kappa shape index (κ2) is 8.41. The highest BCUT2D eigenvalue weighted by Gasteiger charge is 2.39. The van der Waals surface area contributed by atoms with Crippen molar-refractivity contribution in [1.29, 1.82) is 0 Å². The van der Waals surface area contributed by atoms with E-state index in [4.69, 9.17) is 4.74 Å². The number of benzene rings is 2. The molecule has 0 saturated carbocycles. The Hall–Kier alpha value is -2.27. The summed E-state index contributed by atoms with van der Waals surface area (Å²) >= 11 is 1.12. The van der Waals surface area contributed by atoms with Gasteiger partial charge >= 0.3 is 0 Å². The van der Waals surface area contributed by atoms with E-state index in [0.29, 0.717) is 19.6 Å². The molecule has 1 saturated heterocycles. The second-order valence-electron chi connectivity index (χ2n) is 6.80. The number of imide groups is 1. The number of hydrogen-bond donors (Lipinski definition) is 0. The first-order valence-electron chi connectivity index (χ1n) is 8.81. The Morgan fingerprint density at radius 1 is 1.04 bits per heavy atom. The molecular weight excluding hydrogens is 346 g/mol. The van der Waals surface area contributed by atoms with Gasteiger partial charge < -0.3 is 4.74 Å². The molecule has 3 rings (SSSR count). The van der Waals surface area contributed by atoms with Crippen LogP contribution in [0.25, 0.3) is 0 Å². The van der Waals surface area contributed by atoms with Crippen LogP contribution < -0.4 is 4.74 Å². The molecular formula is C21H23NO3S. The lowest BCUT2D eigenvalue weighted by atomic mass is 10.1. The molecule has 0 radical (unpaired) electrons. The average molecular weight is 369 g/mol. The Morgan fingerprint density at radius 2 is 1.73 bits per heavy atom. The number of thioether (sulfide) groups is 1. The molecule has 0 bridgehead atoms. The van der Waals surface area contributed by atoms with Crippen LogP contribution in [0.4, 0.5) is 4.79 Å². The molecule has 4 nitrogen and oxygen atoms in total. The van der Waals surface area contributed by atoms with Crippen LogP contribution in [0.15, 0.2) is 54.6 Å². The lowest BCUT2D eigenvalue weighted by Gasteiger charge is -2.16. The highest BCUT2D eigenvalue weighted by atomic mass is 32.2. The molecule has 2 aromatic rings. The summed E-state index contributed by atoms with van der Waals surface area (Å²) in [5, 5.41) is -0.515. The number of ether oxygens (including phenoxy) is 1. The molecule has 1 aliphatic rings. The van der Waals surface area contributed by atoms with E-state index in [1.54, 1.807) is 0 Å². The summed E-state index contributed by atoms with van der Waals surface area (Å²) in [4.78, 5) is 26.1.